The van der Waals surface area contributed by atoms with E-state index in [-0.39, 0.29) is 18.5 Å². The highest BCUT2D eigenvalue weighted by atomic mass is 16.4. The van der Waals surface area contributed by atoms with Crippen LogP contribution in [0.3, 0.4) is 0 Å². The smallest absolute Gasteiger partial charge is 0.336 e. The van der Waals surface area contributed by atoms with Crippen molar-refractivity contribution < 1.29 is 23.9 Å². The van der Waals surface area contributed by atoms with Gasteiger partial charge in [0.2, 0.25) is 11.8 Å². The van der Waals surface area contributed by atoms with Gasteiger partial charge in [0.15, 0.2) is 0 Å². The summed E-state index contributed by atoms with van der Waals surface area (Å²) in [6.45, 7) is 3.84. The summed E-state index contributed by atoms with van der Waals surface area (Å²) in [5.41, 5.74) is 19.1. The summed E-state index contributed by atoms with van der Waals surface area (Å²) in [7, 11) is 0. The summed E-state index contributed by atoms with van der Waals surface area (Å²) >= 11 is 0. The van der Waals surface area contributed by atoms with Gasteiger partial charge < -0.3 is 37.4 Å². The number of anilines is 1. The van der Waals surface area contributed by atoms with Gasteiger partial charge in [-0.25, -0.2) is 9.59 Å². The minimum atomic E-state index is -1.12. The van der Waals surface area contributed by atoms with Crippen molar-refractivity contribution in [3.63, 3.8) is 0 Å². The number of nitrogen functional groups attached to an aromatic ring is 1. The molecule has 0 unspecified atom stereocenters. The molecule has 0 aliphatic carbocycles. The van der Waals surface area contributed by atoms with Crippen LogP contribution in [0, 0.1) is 6.92 Å². The van der Waals surface area contributed by atoms with Crippen molar-refractivity contribution in [3.8, 4) is 0 Å². The molecule has 0 fully saturated rings. The number of carboxylic acids is 1. The minimum Gasteiger partial charge on any atom is -0.480 e. The van der Waals surface area contributed by atoms with Gasteiger partial charge in [-0.3, -0.25) is 9.59 Å². The molecule has 9 N–H and O–H groups in total. The molecule has 0 aliphatic heterocycles. The van der Waals surface area contributed by atoms with Gasteiger partial charge in [-0.15, -0.1) is 0 Å². The number of hydrogen-bond acceptors (Lipinski definition) is 8. The van der Waals surface area contributed by atoms with Crippen molar-refractivity contribution in [2.45, 2.75) is 57.7 Å². The standard InChI is InChI=1S/C18H28N4O4.C10H9NO2/c1-12(20)16(23)22-15(11-13-7-3-2-4-8-13)17(24)21-14(18(25)26)9-5-6-10-19;1-6-4-10(12)13-9-5-7(11)2-3-8(6)9/h2-4,7-8,12,14-15H,5-6,9-11,19-20H2,1H3,(H,21,24)(H,22,23)(H,25,26);2-5H,11H2,1H3/t12-,14-,15-;/m0./s1. The molecular formula is C28H37N5O6. The molecule has 0 spiro atoms. The lowest BCUT2D eigenvalue weighted by atomic mass is 10.0. The maximum absolute atomic E-state index is 12.6. The second-order valence-electron chi connectivity index (χ2n) is 9.23. The molecule has 11 nitrogen and oxygen atoms in total. The third-order valence-electron chi connectivity index (χ3n) is 5.87. The van der Waals surface area contributed by atoms with Gasteiger partial charge in [0.25, 0.3) is 0 Å². The zero-order valence-electron chi connectivity index (χ0n) is 22.2. The molecule has 0 bridgehead atoms. The van der Waals surface area contributed by atoms with Gasteiger partial charge in [-0.05, 0) is 62.9 Å². The normalized spacial score (nSPS) is 12.9. The molecule has 0 saturated carbocycles. The number of rotatable bonds is 11. The van der Waals surface area contributed by atoms with Crippen LogP contribution in [-0.4, -0.2) is 47.6 Å². The molecule has 3 rings (SSSR count). The number of unbranched alkanes of at least 4 members (excludes halogenated alkanes) is 1. The summed E-state index contributed by atoms with van der Waals surface area (Å²) in [6, 6.07) is 13.2. The number of nitrogens with one attached hydrogen (secondary N) is 2. The summed E-state index contributed by atoms with van der Waals surface area (Å²) in [6.07, 6.45) is 1.77. The number of hydrogen-bond donors (Lipinski definition) is 6. The second-order valence-corrected chi connectivity index (χ2v) is 9.23. The third kappa shape index (κ3) is 10.2. The van der Waals surface area contributed by atoms with E-state index in [1.54, 1.807) is 12.1 Å². The van der Waals surface area contributed by atoms with Crippen LogP contribution in [0.25, 0.3) is 11.0 Å². The lowest BCUT2D eigenvalue weighted by Crippen LogP contribution is -2.54. The SMILES string of the molecule is C[C@H](N)C(=O)N[C@@H](Cc1ccccc1)C(=O)N[C@@H](CCCCN)C(=O)O.Cc1cc(=O)oc2cc(N)ccc12. The van der Waals surface area contributed by atoms with E-state index in [4.69, 9.17) is 21.6 Å². The quantitative estimate of drug-likeness (QED) is 0.118. The molecule has 2 aromatic carbocycles. The molecule has 1 heterocycles. The van der Waals surface area contributed by atoms with Crippen LogP contribution in [0.4, 0.5) is 5.69 Å². The van der Waals surface area contributed by atoms with Gasteiger partial charge >= 0.3 is 11.6 Å². The Bertz CT molecular complexity index is 1310. The topological polar surface area (TPSA) is 204 Å². The van der Waals surface area contributed by atoms with Crippen molar-refractivity contribution in [1.82, 2.24) is 10.6 Å². The zero-order valence-corrected chi connectivity index (χ0v) is 22.2. The highest BCUT2D eigenvalue weighted by Gasteiger charge is 2.27. The largest absolute Gasteiger partial charge is 0.480 e. The molecule has 39 heavy (non-hydrogen) atoms. The first-order valence-corrected chi connectivity index (χ1v) is 12.6. The van der Waals surface area contributed by atoms with E-state index in [0.29, 0.717) is 30.7 Å². The van der Waals surface area contributed by atoms with Crippen molar-refractivity contribution in [1.29, 1.82) is 0 Å². The molecule has 0 radical (unpaired) electrons. The van der Waals surface area contributed by atoms with E-state index in [1.165, 1.54) is 13.0 Å². The van der Waals surface area contributed by atoms with Gasteiger partial charge in [-0.1, -0.05) is 30.3 Å². The van der Waals surface area contributed by atoms with E-state index in [1.807, 2.05) is 43.3 Å². The van der Waals surface area contributed by atoms with Crippen LogP contribution in [0.2, 0.25) is 0 Å². The van der Waals surface area contributed by atoms with Gasteiger partial charge in [0.05, 0.1) is 6.04 Å². The van der Waals surface area contributed by atoms with Crippen molar-refractivity contribution in [2.75, 3.05) is 12.3 Å². The molecule has 1 aromatic heterocycles. The summed E-state index contributed by atoms with van der Waals surface area (Å²) < 4.78 is 4.99. The number of carbonyl (C=O) groups excluding carboxylic acids is 2. The van der Waals surface area contributed by atoms with E-state index < -0.39 is 35.9 Å². The first kappa shape index (κ1) is 31.0. The summed E-state index contributed by atoms with van der Waals surface area (Å²) in [5.74, 6) is -2.15. The first-order valence-electron chi connectivity index (χ1n) is 12.6. The van der Waals surface area contributed by atoms with Crippen molar-refractivity contribution in [3.05, 3.63) is 76.1 Å². The fraction of sp³-hybridized carbons (Fsp3) is 0.357. The van der Waals surface area contributed by atoms with E-state index in [0.717, 1.165) is 16.5 Å². The number of fused-ring (bicyclic) bond motifs is 1. The monoisotopic (exact) mass is 539 g/mol. The van der Waals surface area contributed by atoms with Crippen molar-refractivity contribution in [2.24, 2.45) is 11.5 Å². The molecule has 210 valence electrons. The average molecular weight is 540 g/mol. The maximum Gasteiger partial charge on any atom is 0.336 e. The third-order valence-corrected chi connectivity index (χ3v) is 5.87. The molecule has 2 amide bonds. The summed E-state index contributed by atoms with van der Waals surface area (Å²) in [5, 5.41) is 15.3. The summed E-state index contributed by atoms with van der Waals surface area (Å²) in [4.78, 5) is 46.9. The lowest BCUT2D eigenvalue weighted by Gasteiger charge is -2.22. The van der Waals surface area contributed by atoms with E-state index in [2.05, 4.69) is 10.6 Å². The number of nitrogens with two attached hydrogens (primary N) is 3. The van der Waals surface area contributed by atoms with Gasteiger partial charge in [0.1, 0.15) is 17.7 Å². The van der Waals surface area contributed by atoms with Crippen LogP contribution >= 0.6 is 0 Å². The van der Waals surface area contributed by atoms with Crippen LogP contribution in [0.5, 0.6) is 0 Å². The Kier molecular flexibility index (Phi) is 12.1. The number of benzene rings is 2. The molecule has 0 aliphatic rings. The lowest BCUT2D eigenvalue weighted by molar-refractivity contribution is -0.142. The maximum atomic E-state index is 12.6. The number of aliphatic carboxylic acids is 1. The molecule has 0 saturated heterocycles. The fourth-order valence-electron chi connectivity index (χ4n) is 3.73. The predicted molar refractivity (Wildman–Crippen MR) is 150 cm³/mol. The fourth-order valence-corrected chi connectivity index (χ4v) is 3.73. The number of carboxylic acid groups (broad SMARTS) is 1. The van der Waals surface area contributed by atoms with Crippen molar-refractivity contribution >= 4 is 34.4 Å². The highest BCUT2D eigenvalue weighted by Crippen LogP contribution is 2.18. The Hall–Kier alpha value is -4.22. The first-order chi connectivity index (χ1) is 18.5. The van der Waals surface area contributed by atoms with E-state index >= 15 is 0 Å². The number of carbonyl (C=O) groups is 3. The van der Waals surface area contributed by atoms with E-state index in [9.17, 15) is 24.3 Å². The highest BCUT2D eigenvalue weighted by molar-refractivity contribution is 5.91. The predicted octanol–water partition coefficient (Wildman–Crippen LogP) is 1.44. The second kappa shape index (κ2) is 15.3. The number of aryl methyl sites for hydroxylation is 1. The van der Waals surface area contributed by atoms with Crippen LogP contribution < -0.4 is 33.5 Å². The Labute approximate surface area is 226 Å². The molecule has 11 heteroatoms. The molecule has 3 atom stereocenters. The molecule has 3 aromatic rings. The molecular weight excluding hydrogens is 502 g/mol. The van der Waals surface area contributed by atoms with Crippen LogP contribution in [-0.2, 0) is 20.8 Å². The van der Waals surface area contributed by atoms with Gasteiger partial charge in [0, 0.05) is 29.6 Å². The average Bonchev–Trinajstić information content (AvgIpc) is 2.88. The Morgan fingerprint density at radius 1 is 0.974 bits per heavy atom. The van der Waals surface area contributed by atoms with Crippen LogP contribution in [0.1, 0.15) is 37.3 Å². The Balaban J connectivity index is 0.000000338. The number of amides is 2. The Morgan fingerprint density at radius 3 is 2.26 bits per heavy atom. The van der Waals surface area contributed by atoms with Crippen LogP contribution in [0.15, 0.2) is 63.8 Å². The van der Waals surface area contributed by atoms with Gasteiger partial charge in [-0.2, -0.15) is 0 Å². The zero-order chi connectivity index (χ0) is 28.9. The minimum absolute atomic E-state index is 0.236. The Morgan fingerprint density at radius 2 is 1.64 bits per heavy atom.